The molecule has 304 valence electrons. The van der Waals surface area contributed by atoms with Crippen molar-refractivity contribution in [1.29, 1.82) is 10.5 Å². The maximum absolute atomic E-state index is 11.2. The lowest BCUT2D eigenvalue weighted by molar-refractivity contribution is 0.899. The maximum Gasteiger partial charge on any atom is 0.105 e. The Bertz CT molecular complexity index is 4020. The average Bonchev–Trinajstić information content (AvgIpc) is 4.06. The van der Waals surface area contributed by atoms with Crippen LogP contribution in [0.4, 0.5) is 0 Å². The molecule has 0 bridgehead atoms. The lowest BCUT2D eigenvalue weighted by Crippen LogP contribution is -2.05. The van der Waals surface area contributed by atoms with Crippen molar-refractivity contribution < 1.29 is 0 Å². The van der Waals surface area contributed by atoms with E-state index in [-0.39, 0.29) is 0 Å². The molecule has 2 aliphatic carbocycles. The van der Waals surface area contributed by atoms with Gasteiger partial charge in [0.15, 0.2) is 0 Å². The molecule has 7 aromatic carbocycles. The third-order valence-corrected chi connectivity index (χ3v) is 13.7. The molecule has 5 heteroatoms. The molecule has 10 aromatic rings. The lowest BCUT2D eigenvalue weighted by Gasteiger charge is -2.17. The average molecular weight is 830 g/mol. The number of para-hydroxylation sites is 2. The zero-order valence-electron chi connectivity index (χ0n) is 35.9. The van der Waals surface area contributed by atoms with Crippen LogP contribution in [-0.4, -0.2) is 13.7 Å². The van der Waals surface area contributed by atoms with Crippen molar-refractivity contribution in [3.63, 3.8) is 0 Å². The fourth-order valence-corrected chi connectivity index (χ4v) is 11.1. The number of aromatic nitrogens is 3. The monoisotopic (exact) mass is 829 g/mol. The summed E-state index contributed by atoms with van der Waals surface area (Å²) in [5, 5.41) is 29.3. The fraction of sp³-hybridized carbons (Fsp3) is 0.0667. The first-order chi connectivity index (χ1) is 32.0. The molecule has 0 N–H and O–H groups in total. The second-order valence-corrected chi connectivity index (χ2v) is 16.9. The molecule has 3 heterocycles. The molecule has 0 radical (unpaired) electrons. The van der Waals surface area contributed by atoms with Crippen LogP contribution in [0.3, 0.4) is 0 Å². The van der Waals surface area contributed by atoms with E-state index in [4.69, 9.17) is 0 Å². The molecule has 5 nitrogen and oxygen atoms in total. The van der Waals surface area contributed by atoms with Gasteiger partial charge in [-0.05, 0) is 119 Å². The second kappa shape index (κ2) is 14.4. The number of fused-ring (bicyclic) bond motifs is 9. The van der Waals surface area contributed by atoms with Crippen molar-refractivity contribution >= 4 is 72.1 Å². The van der Waals surface area contributed by atoms with Gasteiger partial charge in [-0.3, -0.25) is 0 Å². The summed E-state index contributed by atoms with van der Waals surface area (Å²) in [5.41, 5.74) is 16.7. The van der Waals surface area contributed by atoms with E-state index >= 15 is 0 Å². The van der Waals surface area contributed by atoms with Gasteiger partial charge in [-0.15, -0.1) is 0 Å². The van der Waals surface area contributed by atoms with E-state index in [0.717, 1.165) is 89.4 Å². The molecule has 1 atom stereocenters. The van der Waals surface area contributed by atoms with Gasteiger partial charge >= 0.3 is 0 Å². The van der Waals surface area contributed by atoms with Gasteiger partial charge in [0.1, 0.15) is 17.8 Å². The number of rotatable bonds is 6. The van der Waals surface area contributed by atoms with Gasteiger partial charge < -0.3 is 13.7 Å². The van der Waals surface area contributed by atoms with Crippen molar-refractivity contribution in [2.45, 2.75) is 26.2 Å². The SMILES string of the molecule is C=Cc1c(C#CC)n(-c2ccc3c(c2)c(-c2ccccc2C)c(C=C)n3-c2cc(C#N)c(-n3c4ccccc4c4c5cccc6c5c(cc43)C3=CC=CCC36)cc2C#N)c2ccccc12. The van der Waals surface area contributed by atoms with Crippen molar-refractivity contribution in [3.05, 3.63) is 204 Å². The van der Waals surface area contributed by atoms with Crippen LogP contribution in [0.2, 0.25) is 0 Å². The van der Waals surface area contributed by atoms with E-state index in [0.29, 0.717) is 28.4 Å². The third-order valence-electron chi connectivity index (χ3n) is 13.7. The van der Waals surface area contributed by atoms with E-state index in [9.17, 15) is 10.5 Å². The first-order valence-corrected chi connectivity index (χ1v) is 21.9. The molecule has 3 aromatic heterocycles. The predicted molar refractivity (Wildman–Crippen MR) is 269 cm³/mol. The minimum Gasteiger partial charge on any atom is -0.308 e. The highest BCUT2D eigenvalue weighted by atomic mass is 15.0. The van der Waals surface area contributed by atoms with E-state index < -0.39 is 0 Å². The molecular formula is C60H39N5. The Kier molecular flexibility index (Phi) is 8.38. The number of nitrogens with zero attached hydrogens (tertiary/aromatic N) is 5. The Morgan fingerprint density at radius 2 is 1.32 bits per heavy atom. The highest BCUT2D eigenvalue weighted by Crippen LogP contribution is 2.53. The van der Waals surface area contributed by atoms with Gasteiger partial charge in [0.25, 0.3) is 0 Å². The smallest absolute Gasteiger partial charge is 0.105 e. The third kappa shape index (κ3) is 5.20. The maximum atomic E-state index is 11.2. The number of allylic oxidation sites excluding steroid dienone is 4. The van der Waals surface area contributed by atoms with Crippen LogP contribution in [0.25, 0.3) is 100 Å². The minimum absolute atomic E-state index is 0.319. The number of benzene rings is 7. The van der Waals surface area contributed by atoms with E-state index in [1.807, 2.05) is 55.5 Å². The summed E-state index contributed by atoms with van der Waals surface area (Å²) in [5.74, 6) is 6.84. The van der Waals surface area contributed by atoms with Gasteiger partial charge in [0.2, 0.25) is 0 Å². The quantitative estimate of drug-likeness (QED) is 0.157. The Labute approximate surface area is 376 Å². The first kappa shape index (κ1) is 37.9. The highest BCUT2D eigenvalue weighted by Gasteiger charge is 2.32. The van der Waals surface area contributed by atoms with E-state index in [1.54, 1.807) is 0 Å². The van der Waals surface area contributed by atoms with E-state index in [2.05, 4.69) is 167 Å². The summed E-state index contributed by atoms with van der Waals surface area (Å²) in [6.45, 7) is 12.5. The van der Waals surface area contributed by atoms with E-state index in [1.165, 1.54) is 27.5 Å². The Morgan fingerprint density at radius 1 is 0.631 bits per heavy atom. The fourth-order valence-electron chi connectivity index (χ4n) is 11.1. The van der Waals surface area contributed by atoms with Crippen LogP contribution in [0.5, 0.6) is 0 Å². The van der Waals surface area contributed by atoms with Crippen LogP contribution in [0.1, 0.15) is 64.0 Å². The molecule has 0 amide bonds. The van der Waals surface area contributed by atoms with Crippen LogP contribution in [-0.2, 0) is 0 Å². The summed E-state index contributed by atoms with van der Waals surface area (Å²) < 4.78 is 6.52. The van der Waals surface area contributed by atoms with Crippen LogP contribution in [0, 0.1) is 41.4 Å². The first-order valence-electron chi connectivity index (χ1n) is 21.9. The summed E-state index contributed by atoms with van der Waals surface area (Å²) >= 11 is 0. The predicted octanol–water partition coefficient (Wildman–Crippen LogP) is 14.6. The molecular weight excluding hydrogens is 791 g/mol. The van der Waals surface area contributed by atoms with Crippen molar-refractivity contribution in [2.75, 3.05) is 0 Å². The van der Waals surface area contributed by atoms with Gasteiger partial charge in [0, 0.05) is 44.3 Å². The standard InChI is InChI=1S/C60H39N5/c1-5-17-51-40(6-2)44-22-12-14-26-52(44)63(51)39-28-29-54-49(32-39)59(41-19-9-8-18-36(41)4)50(7-3)64(54)55-30-38(35-62)56(31-37(55)34-61)65-53-27-15-13-23-46(53)60-47-25-16-24-45-42-20-10-11-21-43(42)48(58(45)47)33-57(60)65/h6-16,18-19,21-33,42H,2-3,20H2,1,4H3. The molecule has 0 saturated heterocycles. The zero-order chi connectivity index (χ0) is 44.1. The number of nitriles is 2. The summed E-state index contributed by atoms with van der Waals surface area (Å²) in [4.78, 5) is 0. The molecule has 1 unspecified atom stereocenters. The van der Waals surface area contributed by atoms with Gasteiger partial charge in [-0.1, -0.05) is 122 Å². The highest BCUT2D eigenvalue weighted by molar-refractivity contribution is 6.25. The van der Waals surface area contributed by atoms with Crippen molar-refractivity contribution in [3.8, 4) is 52.2 Å². The zero-order valence-corrected chi connectivity index (χ0v) is 35.9. The Morgan fingerprint density at radius 3 is 2.06 bits per heavy atom. The largest absolute Gasteiger partial charge is 0.308 e. The summed E-state index contributed by atoms with van der Waals surface area (Å²) in [6.07, 6.45) is 11.4. The lowest BCUT2D eigenvalue weighted by atomic mass is 9.89. The molecule has 12 rings (SSSR count). The van der Waals surface area contributed by atoms with Gasteiger partial charge in [-0.2, -0.15) is 10.5 Å². The molecule has 0 spiro atoms. The van der Waals surface area contributed by atoms with Gasteiger partial charge in [-0.25, -0.2) is 0 Å². The van der Waals surface area contributed by atoms with Crippen LogP contribution >= 0.6 is 0 Å². The molecule has 2 aliphatic rings. The van der Waals surface area contributed by atoms with Crippen molar-refractivity contribution in [2.24, 2.45) is 0 Å². The second-order valence-electron chi connectivity index (χ2n) is 16.9. The molecule has 0 saturated carbocycles. The Balaban J connectivity index is 1.15. The van der Waals surface area contributed by atoms with Crippen molar-refractivity contribution in [1.82, 2.24) is 13.7 Å². The van der Waals surface area contributed by atoms with Gasteiger partial charge in [0.05, 0.1) is 50.3 Å². The summed E-state index contributed by atoms with van der Waals surface area (Å²) in [6, 6.07) is 49.5. The topological polar surface area (TPSA) is 62.4 Å². The molecule has 0 aliphatic heterocycles. The number of hydrogen-bond donors (Lipinski definition) is 0. The number of aryl methyl sites for hydroxylation is 1. The Hall–Kier alpha value is -8.82. The summed E-state index contributed by atoms with van der Waals surface area (Å²) in [7, 11) is 0. The minimum atomic E-state index is 0.319. The molecule has 0 fully saturated rings. The van der Waals surface area contributed by atoms with Crippen LogP contribution < -0.4 is 0 Å². The number of hydrogen-bond acceptors (Lipinski definition) is 2. The normalized spacial score (nSPS) is 13.8. The molecule has 65 heavy (non-hydrogen) atoms. The van der Waals surface area contributed by atoms with Crippen LogP contribution in [0.15, 0.2) is 159 Å².